The van der Waals surface area contributed by atoms with E-state index in [2.05, 4.69) is 5.32 Å². The molecule has 1 rings (SSSR count). The Morgan fingerprint density at radius 2 is 1.70 bits per heavy atom. The molecule has 0 bridgehead atoms. The van der Waals surface area contributed by atoms with Crippen LogP contribution in [0, 0.1) is 0 Å². The zero-order valence-electron chi connectivity index (χ0n) is 14.8. The van der Waals surface area contributed by atoms with Crippen molar-refractivity contribution in [3.8, 4) is 0 Å². The largest absolute Gasteiger partial charge is 0.509 e. The fourth-order valence-electron chi connectivity index (χ4n) is 2.05. The summed E-state index contributed by atoms with van der Waals surface area (Å²) in [6, 6.07) is 3.92. The average molecular weight is 444 g/mol. The lowest BCUT2D eigenvalue weighted by atomic mass is 10.0. The number of carbonyl (C=O) groups is 2. The third-order valence-corrected chi connectivity index (χ3v) is 4.77. The molecule has 1 aromatic carbocycles. The Hall–Kier alpha value is -1.58. The van der Waals surface area contributed by atoms with Crippen molar-refractivity contribution in [2.45, 2.75) is 41.8 Å². The van der Waals surface area contributed by atoms with Crippen LogP contribution in [0.4, 0.5) is 9.18 Å². The van der Waals surface area contributed by atoms with E-state index >= 15 is 0 Å². The van der Waals surface area contributed by atoms with Gasteiger partial charge in [-0.1, -0.05) is 35.3 Å². The van der Waals surface area contributed by atoms with Gasteiger partial charge >= 0.3 is 6.16 Å². The van der Waals surface area contributed by atoms with Gasteiger partial charge in [-0.2, -0.15) is 0 Å². The third-order valence-electron chi connectivity index (χ3n) is 3.25. The number of halogens is 3. The van der Waals surface area contributed by atoms with Crippen molar-refractivity contribution < 1.29 is 31.9 Å². The summed E-state index contributed by atoms with van der Waals surface area (Å²) in [5.74, 6) is -0.875. The second-order valence-corrected chi connectivity index (χ2v) is 8.98. The molecule has 0 heterocycles. The van der Waals surface area contributed by atoms with Gasteiger partial charge < -0.3 is 14.8 Å². The molecular weight excluding hydrogens is 424 g/mol. The first-order valence-corrected chi connectivity index (χ1v) is 10.5. The molecule has 0 saturated carbocycles. The molecule has 1 aromatic rings. The number of hydrogen-bond donors (Lipinski definition) is 1. The van der Waals surface area contributed by atoms with Crippen LogP contribution < -0.4 is 5.32 Å². The standard InChI is InChI=1S/C16H20Cl2FNO6S/c1-9(2)25-16(22)26-13(12(8-19)20-15(21)14(17)18)10-4-6-11(7-5-10)27(3,23)24/h4-7,9,12-14H,8H2,1-3H3,(H,20,21). The summed E-state index contributed by atoms with van der Waals surface area (Å²) >= 11 is 10.9. The maximum absolute atomic E-state index is 13.6. The highest BCUT2D eigenvalue weighted by atomic mass is 35.5. The third kappa shape index (κ3) is 7.51. The fraction of sp³-hybridized carbons (Fsp3) is 0.500. The van der Waals surface area contributed by atoms with Crippen molar-refractivity contribution >= 4 is 45.1 Å². The molecule has 1 amide bonds. The molecule has 2 atom stereocenters. The van der Waals surface area contributed by atoms with Gasteiger partial charge in [-0.3, -0.25) is 4.79 Å². The number of hydrogen-bond acceptors (Lipinski definition) is 6. The van der Waals surface area contributed by atoms with Crippen LogP contribution in [0.5, 0.6) is 0 Å². The quantitative estimate of drug-likeness (QED) is 0.489. The topological polar surface area (TPSA) is 98.8 Å². The van der Waals surface area contributed by atoms with E-state index in [9.17, 15) is 22.4 Å². The molecular formula is C16H20Cl2FNO6S. The van der Waals surface area contributed by atoms with E-state index in [0.29, 0.717) is 0 Å². The van der Waals surface area contributed by atoms with E-state index in [0.717, 1.165) is 6.26 Å². The van der Waals surface area contributed by atoms with E-state index in [4.69, 9.17) is 32.7 Å². The van der Waals surface area contributed by atoms with E-state index < -0.39 is 51.7 Å². The number of sulfone groups is 1. The molecule has 2 unspecified atom stereocenters. The number of benzene rings is 1. The summed E-state index contributed by atoms with van der Waals surface area (Å²) < 4.78 is 46.8. The van der Waals surface area contributed by atoms with Gasteiger partial charge in [0.25, 0.3) is 5.91 Å². The highest BCUT2D eigenvalue weighted by molar-refractivity contribution is 7.90. The lowest BCUT2D eigenvalue weighted by molar-refractivity contribution is -0.121. The Labute approximate surface area is 167 Å². The molecule has 7 nitrogen and oxygen atoms in total. The highest BCUT2D eigenvalue weighted by Gasteiger charge is 2.31. The van der Waals surface area contributed by atoms with Crippen LogP contribution in [0.2, 0.25) is 0 Å². The molecule has 27 heavy (non-hydrogen) atoms. The molecule has 0 saturated heterocycles. The van der Waals surface area contributed by atoms with Crippen molar-refractivity contribution in [2.75, 3.05) is 12.9 Å². The first-order chi connectivity index (χ1) is 12.5. The molecule has 1 N–H and O–H groups in total. The van der Waals surface area contributed by atoms with E-state index in [1.54, 1.807) is 13.8 Å². The number of carbonyl (C=O) groups excluding carboxylic acids is 2. The van der Waals surface area contributed by atoms with Crippen molar-refractivity contribution in [3.05, 3.63) is 29.8 Å². The minimum absolute atomic E-state index is 0.0252. The Morgan fingerprint density at radius 1 is 1.15 bits per heavy atom. The van der Waals surface area contributed by atoms with Crippen molar-refractivity contribution in [2.24, 2.45) is 0 Å². The van der Waals surface area contributed by atoms with Gasteiger partial charge in [-0.15, -0.1) is 0 Å². The SMILES string of the molecule is CC(C)OC(=O)OC(c1ccc(S(C)(=O)=O)cc1)C(CF)NC(=O)C(Cl)Cl. The lowest BCUT2D eigenvalue weighted by Crippen LogP contribution is -2.44. The Kier molecular flexibility index (Phi) is 8.77. The molecule has 0 radical (unpaired) electrons. The summed E-state index contributed by atoms with van der Waals surface area (Å²) in [7, 11) is -3.45. The Bertz CT molecular complexity index is 755. The summed E-state index contributed by atoms with van der Waals surface area (Å²) in [4.78, 5) is 22.2. The fourth-order valence-corrected chi connectivity index (χ4v) is 2.81. The number of nitrogens with one attached hydrogen (secondary N) is 1. The Balaban J connectivity index is 3.19. The summed E-state index contributed by atoms with van der Waals surface area (Å²) in [5, 5.41) is 2.24. The second kappa shape index (κ2) is 10.1. The van der Waals surface area contributed by atoms with Crippen molar-refractivity contribution in [3.63, 3.8) is 0 Å². The van der Waals surface area contributed by atoms with Crippen LogP contribution >= 0.6 is 23.2 Å². The number of amides is 1. The highest BCUT2D eigenvalue weighted by Crippen LogP contribution is 2.25. The number of rotatable bonds is 8. The smallest absolute Gasteiger partial charge is 0.432 e. The van der Waals surface area contributed by atoms with E-state index in [-0.39, 0.29) is 10.5 Å². The van der Waals surface area contributed by atoms with Gasteiger partial charge in [-0.05, 0) is 31.5 Å². The maximum Gasteiger partial charge on any atom is 0.509 e. The zero-order valence-corrected chi connectivity index (χ0v) is 17.1. The van der Waals surface area contributed by atoms with Crippen molar-refractivity contribution in [1.29, 1.82) is 0 Å². The van der Waals surface area contributed by atoms with Gasteiger partial charge in [0.05, 0.1) is 17.0 Å². The predicted octanol–water partition coefficient (Wildman–Crippen LogP) is 2.95. The van der Waals surface area contributed by atoms with Crippen LogP contribution in [0.3, 0.4) is 0 Å². The summed E-state index contributed by atoms with van der Waals surface area (Å²) in [6.45, 7) is 2.08. The van der Waals surface area contributed by atoms with Crippen LogP contribution in [0.15, 0.2) is 29.2 Å². The zero-order chi connectivity index (χ0) is 20.8. The lowest BCUT2D eigenvalue weighted by Gasteiger charge is -2.26. The molecule has 0 aromatic heterocycles. The molecule has 11 heteroatoms. The average Bonchev–Trinajstić information content (AvgIpc) is 2.56. The molecule has 152 valence electrons. The first-order valence-electron chi connectivity index (χ1n) is 7.77. The number of ether oxygens (including phenoxy) is 2. The van der Waals surface area contributed by atoms with E-state index in [1.807, 2.05) is 0 Å². The van der Waals surface area contributed by atoms with Crippen LogP contribution in [0.1, 0.15) is 25.5 Å². The van der Waals surface area contributed by atoms with Gasteiger partial charge in [-0.25, -0.2) is 17.6 Å². The molecule has 0 fully saturated rings. The maximum atomic E-state index is 13.6. The first kappa shape index (κ1) is 23.5. The van der Waals surface area contributed by atoms with Gasteiger partial charge in [0.2, 0.25) is 0 Å². The second-order valence-electron chi connectivity index (χ2n) is 5.87. The van der Waals surface area contributed by atoms with Crippen LogP contribution in [-0.4, -0.2) is 50.4 Å². The van der Waals surface area contributed by atoms with Gasteiger partial charge in [0, 0.05) is 6.26 Å². The van der Waals surface area contributed by atoms with Crippen LogP contribution in [-0.2, 0) is 24.1 Å². The molecule has 0 aliphatic rings. The monoisotopic (exact) mass is 443 g/mol. The Morgan fingerprint density at radius 3 is 2.11 bits per heavy atom. The van der Waals surface area contributed by atoms with Gasteiger partial charge in [0.15, 0.2) is 20.8 Å². The summed E-state index contributed by atoms with van der Waals surface area (Å²) in [6.07, 6.45) is -1.84. The van der Waals surface area contributed by atoms with Crippen molar-refractivity contribution in [1.82, 2.24) is 5.32 Å². The number of alkyl halides is 3. The minimum Gasteiger partial charge on any atom is -0.432 e. The van der Waals surface area contributed by atoms with Gasteiger partial charge in [0.1, 0.15) is 6.67 Å². The predicted molar refractivity (Wildman–Crippen MR) is 98.4 cm³/mol. The molecule has 0 aliphatic carbocycles. The van der Waals surface area contributed by atoms with Crippen LogP contribution in [0.25, 0.3) is 0 Å². The molecule has 0 aliphatic heterocycles. The molecule has 0 spiro atoms. The van der Waals surface area contributed by atoms with E-state index in [1.165, 1.54) is 24.3 Å². The minimum atomic E-state index is -3.45. The summed E-state index contributed by atoms with van der Waals surface area (Å²) in [5.41, 5.74) is 0.242. The normalized spacial score (nSPS) is 13.9.